The van der Waals surface area contributed by atoms with E-state index < -0.39 is 110 Å². The molecule has 3 aliphatic heterocycles. The van der Waals surface area contributed by atoms with Gasteiger partial charge in [0.1, 0.15) is 54.9 Å². The third-order valence-corrected chi connectivity index (χ3v) is 19.1. The smallest absolute Gasteiger partial charge is 0.335 e. The molecule has 366 valence electrons. The second-order valence-corrected chi connectivity index (χ2v) is 23.2. The Morgan fingerprint density at radius 2 is 1.38 bits per heavy atom. The molecular weight excluding hydrogens is 837 g/mol. The van der Waals surface area contributed by atoms with Crippen LogP contribution < -0.4 is 0 Å². The summed E-state index contributed by atoms with van der Waals surface area (Å²) in [5, 5.41) is 109. The van der Waals surface area contributed by atoms with Crippen molar-refractivity contribution in [2.75, 3.05) is 13.2 Å². The minimum absolute atomic E-state index is 0.0286. The van der Waals surface area contributed by atoms with Crippen LogP contribution in [0.5, 0.6) is 0 Å². The highest BCUT2D eigenvalue weighted by Crippen LogP contribution is 2.76. The second kappa shape index (κ2) is 16.9. The average molecular weight is 913 g/mol. The van der Waals surface area contributed by atoms with Crippen molar-refractivity contribution in [1.29, 1.82) is 0 Å². The summed E-state index contributed by atoms with van der Waals surface area (Å²) in [6.07, 6.45) is -14.5. The molecule has 8 aliphatic rings. The van der Waals surface area contributed by atoms with E-state index in [1.165, 1.54) is 12.5 Å². The highest BCUT2D eigenvalue weighted by Gasteiger charge is 2.70. The van der Waals surface area contributed by atoms with Gasteiger partial charge in [0.15, 0.2) is 25.0 Å². The molecule has 3 unspecified atom stereocenters. The minimum Gasteiger partial charge on any atom is -0.479 e. The van der Waals surface area contributed by atoms with Gasteiger partial charge in [0, 0.05) is 10.8 Å². The lowest BCUT2D eigenvalue weighted by Crippen LogP contribution is -2.68. The lowest BCUT2D eigenvalue weighted by atomic mass is 9.33. The number of carbonyl (C=O) groups is 1. The van der Waals surface area contributed by atoms with Gasteiger partial charge in [-0.25, -0.2) is 4.79 Å². The molecule has 0 aromatic heterocycles. The van der Waals surface area contributed by atoms with Crippen molar-refractivity contribution in [3.8, 4) is 0 Å². The van der Waals surface area contributed by atoms with Gasteiger partial charge in [0.05, 0.1) is 31.5 Å². The summed E-state index contributed by atoms with van der Waals surface area (Å²) in [4.78, 5) is 12.4. The van der Waals surface area contributed by atoms with Crippen LogP contribution in [0.2, 0.25) is 0 Å². The fraction of sp³-hybridized carbons (Fsp3) is 0.936. The quantitative estimate of drug-likeness (QED) is 0.122. The zero-order valence-corrected chi connectivity index (χ0v) is 38.7. The van der Waals surface area contributed by atoms with E-state index >= 15 is 0 Å². The number of carboxylic acid groups (broad SMARTS) is 1. The van der Waals surface area contributed by atoms with Crippen LogP contribution in [0, 0.1) is 50.2 Å². The predicted octanol–water partition coefficient (Wildman–Crippen LogP) is 1.34. The molecule has 3 saturated heterocycles. The Kier molecular flexibility index (Phi) is 13.0. The summed E-state index contributed by atoms with van der Waals surface area (Å²) in [5.41, 5.74) is 0.0929. The number of fused-ring (bicyclic) bond motifs is 7. The largest absolute Gasteiger partial charge is 0.479 e. The average Bonchev–Trinajstić information content (AvgIpc) is 3.22. The molecule has 0 radical (unpaired) electrons. The highest BCUT2D eigenvalue weighted by atomic mass is 16.8. The minimum atomic E-state index is -2.01. The lowest BCUT2D eigenvalue weighted by molar-refractivity contribution is -0.387. The first-order chi connectivity index (χ1) is 29.8. The van der Waals surface area contributed by atoms with Gasteiger partial charge in [-0.2, -0.15) is 0 Å². The van der Waals surface area contributed by atoms with Crippen LogP contribution in [0.4, 0.5) is 0 Å². The van der Waals surface area contributed by atoms with E-state index in [1.807, 2.05) is 6.92 Å². The van der Waals surface area contributed by atoms with Gasteiger partial charge in [-0.1, -0.05) is 60.1 Å². The molecular formula is C47H76O17. The molecule has 0 spiro atoms. The molecule has 17 nitrogen and oxygen atoms in total. The number of ether oxygens (including phenoxy) is 6. The van der Waals surface area contributed by atoms with Gasteiger partial charge in [-0.15, -0.1) is 0 Å². The molecule has 0 bridgehead atoms. The number of hydrogen-bond donors (Lipinski definition) is 10. The van der Waals surface area contributed by atoms with E-state index in [2.05, 4.69) is 47.6 Å². The molecule has 3 heterocycles. The molecule has 0 amide bonds. The Bertz CT molecular complexity index is 1760. The van der Waals surface area contributed by atoms with Crippen LogP contribution in [0.15, 0.2) is 11.6 Å². The van der Waals surface area contributed by atoms with Crippen molar-refractivity contribution in [1.82, 2.24) is 0 Å². The van der Waals surface area contributed by atoms with Gasteiger partial charge >= 0.3 is 5.97 Å². The number of hydrogen-bond acceptors (Lipinski definition) is 16. The maximum Gasteiger partial charge on any atom is 0.335 e. The molecule has 64 heavy (non-hydrogen) atoms. The van der Waals surface area contributed by atoms with Crippen LogP contribution >= 0.6 is 0 Å². The van der Waals surface area contributed by atoms with Crippen LogP contribution in [-0.2, 0) is 33.2 Å². The lowest BCUT2D eigenvalue weighted by Gasteiger charge is -2.72. The van der Waals surface area contributed by atoms with Crippen LogP contribution in [-0.4, -0.2) is 168 Å². The standard InChI is InChI=1S/C47H76O17/c1-21-29(51)31(53)34(56)39(60-21)63-36-30(52)24(49)19-59-40(36)64-37-33(55)32(54)35(38(57)58)62-41(37)61-28-12-13-44(5)25(45(28,6)20-48)11-14-47(8)26(44)10-9-22-23-17-42(2,3)18-27(50)43(23,4)15-16-46(22,47)7/h9,21,23-37,39-41,48-56H,10-20H2,1-8H3,(H,57,58)/t21-,23?,24+,25?,26?,27+,28-,29-,30-,31+,32-,33-,34+,35-,36+,37+,39-,40-,41+,43+,44-,45+,46+,47+/m0/s1. The Morgan fingerprint density at radius 3 is 2.05 bits per heavy atom. The fourth-order valence-electron chi connectivity index (χ4n) is 14.8. The van der Waals surface area contributed by atoms with Gasteiger partial charge in [-0.3, -0.25) is 0 Å². The molecule has 0 aromatic carbocycles. The third kappa shape index (κ3) is 7.49. The highest BCUT2D eigenvalue weighted by molar-refractivity contribution is 5.73. The molecule has 0 aromatic rings. The van der Waals surface area contributed by atoms with Crippen molar-refractivity contribution in [2.45, 2.75) is 211 Å². The van der Waals surface area contributed by atoms with Gasteiger partial charge in [0.2, 0.25) is 0 Å². The SMILES string of the molecule is C[C@@H]1O[C@@H](O[C@H]2[C@H](O[C@H]3[C@H](O[C@H]4CC[C@@]5(C)C(CC[C@]6(C)C5CC=C5C7CC(C)(C)C[C@@H](O)[C@]7(C)CC[C@]56C)[C@@]4(C)CO)O[C@H](C(=O)O)[C@@H](O)[C@@H]3O)OC[C@@H](O)[C@@H]2O)[C@H](O)[C@H](O)[C@H]1O. The van der Waals surface area contributed by atoms with Crippen molar-refractivity contribution < 1.29 is 84.3 Å². The third-order valence-electron chi connectivity index (χ3n) is 19.1. The summed E-state index contributed by atoms with van der Waals surface area (Å²) in [7, 11) is 0. The van der Waals surface area contributed by atoms with Gasteiger partial charge in [-0.05, 0) is 104 Å². The van der Waals surface area contributed by atoms with E-state index in [1.54, 1.807) is 0 Å². The normalized spacial score (nSPS) is 56.1. The van der Waals surface area contributed by atoms with E-state index in [4.69, 9.17) is 28.4 Å². The second-order valence-electron chi connectivity index (χ2n) is 23.2. The number of carboxylic acids is 1. The Morgan fingerprint density at radius 1 is 0.703 bits per heavy atom. The summed E-state index contributed by atoms with van der Waals surface area (Å²) in [5.74, 6) is -1.05. The van der Waals surface area contributed by atoms with Gasteiger partial charge in [0.25, 0.3) is 0 Å². The van der Waals surface area contributed by atoms with Crippen LogP contribution in [0.3, 0.4) is 0 Å². The van der Waals surface area contributed by atoms with Crippen molar-refractivity contribution >= 4 is 5.97 Å². The first kappa shape index (κ1) is 49.0. The fourth-order valence-corrected chi connectivity index (χ4v) is 14.8. The summed E-state index contributed by atoms with van der Waals surface area (Å²) in [6.45, 7) is 16.8. The summed E-state index contributed by atoms with van der Waals surface area (Å²) in [6, 6.07) is 0. The van der Waals surface area contributed by atoms with Crippen molar-refractivity contribution in [2.24, 2.45) is 50.2 Å². The predicted molar refractivity (Wildman–Crippen MR) is 225 cm³/mol. The molecule has 4 saturated carbocycles. The molecule has 7 fully saturated rings. The van der Waals surface area contributed by atoms with Crippen LogP contribution in [0.25, 0.3) is 0 Å². The maximum absolute atomic E-state index is 12.4. The Hall–Kier alpha value is -1.39. The Balaban J connectivity index is 1.06. The molecule has 10 N–H and O–H groups in total. The summed E-state index contributed by atoms with van der Waals surface area (Å²) >= 11 is 0. The summed E-state index contributed by atoms with van der Waals surface area (Å²) < 4.78 is 36.1. The zero-order chi connectivity index (χ0) is 46.9. The van der Waals surface area contributed by atoms with E-state index in [-0.39, 0.29) is 51.6 Å². The molecule has 17 heteroatoms. The first-order valence-corrected chi connectivity index (χ1v) is 23.7. The molecule has 5 aliphatic carbocycles. The maximum atomic E-state index is 12.4. The van der Waals surface area contributed by atoms with E-state index in [9.17, 15) is 55.9 Å². The first-order valence-electron chi connectivity index (χ1n) is 23.7. The van der Waals surface area contributed by atoms with Crippen molar-refractivity contribution in [3.63, 3.8) is 0 Å². The number of allylic oxidation sites excluding steroid dienone is 2. The number of aliphatic hydroxyl groups is 9. The Labute approximate surface area is 376 Å². The number of aliphatic carboxylic acids is 1. The van der Waals surface area contributed by atoms with E-state index in [0.29, 0.717) is 18.8 Å². The number of rotatable bonds is 8. The number of aliphatic hydroxyl groups excluding tert-OH is 9. The van der Waals surface area contributed by atoms with Crippen LogP contribution in [0.1, 0.15) is 113 Å². The molecule has 24 atom stereocenters. The van der Waals surface area contributed by atoms with E-state index in [0.717, 1.165) is 44.9 Å². The molecule has 8 rings (SSSR count). The van der Waals surface area contributed by atoms with Crippen molar-refractivity contribution in [3.05, 3.63) is 11.6 Å². The monoisotopic (exact) mass is 913 g/mol. The van der Waals surface area contributed by atoms with Gasteiger partial charge < -0.3 is 79.5 Å². The topological polar surface area (TPSA) is 275 Å². The zero-order valence-electron chi connectivity index (χ0n) is 38.7.